The summed E-state index contributed by atoms with van der Waals surface area (Å²) in [5.41, 5.74) is 7.29. The summed E-state index contributed by atoms with van der Waals surface area (Å²) in [7, 11) is 1.66. The van der Waals surface area contributed by atoms with Crippen molar-refractivity contribution in [1.82, 2.24) is 9.13 Å². The standard InChI is InChI=1S/C43H39N3O4/c1-4-5-27-49-42(47)36-16-9-11-17-38(36)44-43-45(26-25-31-19-22-34(48-3)23-20-31)30(2)41(50-43)29-32-21-24-40-37(28-32)35-15-10-12-18-39(35)46(40)33-13-7-6-8-14-33/h6-24,28-29H,2,4-5,25-27H2,1,3H3/b41-29+,44-43?. The molecule has 0 radical (unpaired) electrons. The van der Waals surface area contributed by atoms with E-state index in [1.807, 2.05) is 41.0 Å². The van der Waals surface area contributed by atoms with Gasteiger partial charge in [-0.15, -0.1) is 0 Å². The molecule has 7 heteroatoms. The van der Waals surface area contributed by atoms with Crippen LogP contribution in [-0.4, -0.2) is 28.8 Å². The van der Waals surface area contributed by atoms with Gasteiger partial charge in [0.1, 0.15) is 5.75 Å². The number of hydrogen-bond acceptors (Lipinski definition) is 5. The van der Waals surface area contributed by atoms with Crippen LogP contribution in [0.5, 0.6) is 5.75 Å². The lowest BCUT2D eigenvalue weighted by atomic mass is 10.1. The highest BCUT2D eigenvalue weighted by Gasteiger charge is 2.15. The molecule has 0 aliphatic heterocycles. The number of methoxy groups -OCH3 is 1. The Morgan fingerprint density at radius 1 is 0.860 bits per heavy atom. The number of hydrogen-bond donors (Lipinski definition) is 0. The van der Waals surface area contributed by atoms with Gasteiger partial charge in [0.05, 0.1) is 41.4 Å². The van der Waals surface area contributed by atoms with E-state index in [9.17, 15) is 4.79 Å². The van der Waals surface area contributed by atoms with Crippen molar-refractivity contribution in [3.63, 3.8) is 0 Å². The van der Waals surface area contributed by atoms with E-state index >= 15 is 0 Å². The van der Waals surface area contributed by atoms with E-state index in [1.54, 1.807) is 19.2 Å². The number of nitrogens with zero attached hydrogens (tertiary/aromatic N) is 3. The Morgan fingerprint density at radius 3 is 2.40 bits per heavy atom. The number of oxazole rings is 1. The zero-order valence-corrected chi connectivity index (χ0v) is 28.3. The summed E-state index contributed by atoms with van der Waals surface area (Å²) in [5, 5.41) is 3.00. The van der Waals surface area contributed by atoms with Crippen LogP contribution in [0.15, 0.2) is 131 Å². The predicted molar refractivity (Wildman–Crippen MR) is 199 cm³/mol. The molecule has 250 valence electrons. The second kappa shape index (κ2) is 14.6. The molecule has 50 heavy (non-hydrogen) atoms. The fourth-order valence-electron chi connectivity index (χ4n) is 6.24. The van der Waals surface area contributed by atoms with E-state index in [-0.39, 0.29) is 0 Å². The molecule has 0 fully saturated rings. The molecule has 2 aromatic heterocycles. The Morgan fingerprint density at radius 2 is 1.60 bits per heavy atom. The van der Waals surface area contributed by atoms with Crippen molar-refractivity contribution in [3.8, 4) is 11.4 Å². The lowest BCUT2D eigenvalue weighted by molar-refractivity contribution is 0.0500. The van der Waals surface area contributed by atoms with Crippen LogP contribution < -0.4 is 21.2 Å². The van der Waals surface area contributed by atoms with Gasteiger partial charge >= 0.3 is 11.7 Å². The van der Waals surface area contributed by atoms with Gasteiger partial charge in [0.2, 0.25) is 0 Å². The SMILES string of the molecule is C=c1/c(=C\c2ccc3c(c2)c2ccccc2n3-c2ccccc2)oc(=Nc2ccccc2C(=O)OCCCC)n1CCc1ccc(OC)cc1. The smallest absolute Gasteiger partial charge is 0.340 e. The second-order valence-electron chi connectivity index (χ2n) is 12.2. The van der Waals surface area contributed by atoms with Gasteiger partial charge in [0, 0.05) is 23.0 Å². The molecule has 0 aliphatic rings. The van der Waals surface area contributed by atoms with Crippen LogP contribution in [-0.2, 0) is 17.7 Å². The maximum atomic E-state index is 13.0. The highest BCUT2D eigenvalue weighted by atomic mass is 16.5. The monoisotopic (exact) mass is 661 g/mol. The van der Waals surface area contributed by atoms with Gasteiger partial charge in [0.25, 0.3) is 0 Å². The van der Waals surface area contributed by atoms with Crippen molar-refractivity contribution in [2.45, 2.75) is 32.7 Å². The molecule has 0 spiro atoms. The normalized spacial score (nSPS) is 12.2. The summed E-state index contributed by atoms with van der Waals surface area (Å²) in [6.07, 6.45) is 4.46. The molecule has 0 unspecified atom stereocenters. The molecule has 0 aliphatic carbocycles. The first-order chi connectivity index (χ1) is 24.5. The lowest BCUT2D eigenvalue weighted by Gasteiger charge is -2.07. The van der Waals surface area contributed by atoms with Gasteiger partial charge in [0.15, 0.2) is 5.42 Å². The molecule has 0 N–H and O–H groups in total. The molecule has 0 amide bonds. The van der Waals surface area contributed by atoms with Crippen LogP contribution in [0.4, 0.5) is 5.69 Å². The number of rotatable bonds is 11. The van der Waals surface area contributed by atoms with Crippen LogP contribution in [0.2, 0.25) is 0 Å². The van der Waals surface area contributed by atoms with E-state index in [4.69, 9.17) is 18.9 Å². The summed E-state index contributed by atoms with van der Waals surface area (Å²) >= 11 is 0. The van der Waals surface area contributed by atoms with Crippen molar-refractivity contribution in [2.24, 2.45) is 4.99 Å². The molecule has 0 atom stereocenters. The number of esters is 1. The number of fused-ring (bicyclic) bond motifs is 3. The lowest BCUT2D eigenvalue weighted by Crippen LogP contribution is -2.32. The average molecular weight is 662 g/mol. The number of para-hydroxylation sites is 3. The Bertz CT molecular complexity index is 2470. The van der Waals surface area contributed by atoms with Gasteiger partial charge in [-0.25, -0.2) is 4.79 Å². The highest BCUT2D eigenvalue weighted by molar-refractivity contribution is 6.09. The molecule has 0 bridgehead atoms. The van der Waals surface area contributed by atoms with E-state index < -0.39 is 5.97 Å². The van der Waals surface area contributed by atoms with Crippen molar-refractivity contribution >= 4 is 46.1 Å². The fraction of sp³-hybridized carbons (Fsp3) is 0.163. The first-order valence-electron chi connectivity index (χ1n) is 17.0. The largest absolute Gasteiger partial charge is 0.497 e. The van der Waals surface area contributed by atoms with Crippen LogP contribution >= 0.6 is 0 Å². The van der Waals surface area contributed by atoms with E-state index in [0.717, 1.165) is 51.8 Å². The summed E-state index contributed by atoms with van der Waals surface area (Å²) in [6, 6.07) is 40.5. The first kappa shape index (κ1) is 32.5. The van der Waals surface area contributed by atoms with Gasteiger partial charge in [-0.1, -0.05) is 86.7 Å². The number of benzene rings is 5. The number of aryl methyl sites for hydroxylation is 1. The minimum atomic E-state index is -0.404. The number of ether oxygens (including phenoxy) is 2. The zero-order valence-electron chi connectivity index (χ0n) is 28.3. The van der Waals surface area contributed by atoms with Crippen molar-refractivity contribution in [1.29, 1.82) is 0 Å². The third kappa shape index (κ3) is 6.63. The van der Waals surface area contributed by atoms with Crippen molar-refractivity contribution < 1.29 is 18.7 Å². The first-order valence-corrected chi connectivity index (χ1v) is 17.0. The van der Waals surface area contributed by atoms with E-state index in [0.29, 0.717) is 47.3 Å². The highest BCUT2D eigenvalue weighted by Crippen LogP contribution is 2.32. The number of carbonyl (C=O) groups excluding carboxylic acids is 1. The van der Waals surface area contributed by atoms with Gasteiger partial charge in [-0.3, -0.25) is 4.57 Å². The fourth-order valence-corrected chi connectivity index (χ4v) is 6.24. The quantitative estimate of drug-likeness (QED) is 0.105. The summed E-state index contributed by atoms with van der Waals surface area (Å²) in [5.74, 6) is 0.403. The number of unbranched alkanes of at least 4 members (excludes halogenated alkanes) is 1. The van der Waals surface area contributed by atoms with Crippen LogP contribution in [0.3, 0.4) is 0 Å². The minimum absolute atomic E-state index is 0.352. The van der Waals surface area contributed by atoms with Crippen LogP contribution in [0.1, 0.15) is 41.3 Å². The molecular weight excluding hydrogens is 622 g/mol. The van der Waals surface area contributed by atoms with Crippen LogP contribution in [0, 0.1) is 0 Å². The van der Waals surface area contributed by atoms with Crippen molar-refractivity contribution in [2.75, 3.05) is 13.7 Å². The molecule has 7 nitrogen and oxygen atoms in total. The van der Waals surface area contributed by atoms with Gasteiger partial charge in [-0.2, -0.15) is 4.99 Å². The third-order valence-electron chi connectivity index (χ3n) is 8.91. The molecule has 7 rings (SSSR count). The minimum Gasteiger partial charge on any atom is -0.497 e. The maximum Gasteiger partial charge on any atom is 0.340 e. The Hall–Kier alpha value is -6.08. The predicted octanol–water partition coefficient (Wildman–Crippen LogP) is 7.86. The molecule has 7 aromatic rings. The van der Waals surface area contributed by atoms with Crippen LogP contribution in [0.25, 0.3) is 40.1 Å². The summed E-state index contributed by atoms with van der Waals surface area (Å²) in [4.78, 5) is 17.9. The molecule has 5 aromatic carbocycles. The third-order valence-corrected chi connectivity index (χ3v) is 8.91. The second-order valence-corrected chi connectivity index (χ2v) is 12.2. The summed E-state index contributed by atoms with van der Waals surface area (Å²) < 4.78 is 21.6. The topological polar surface area (TPSA) is 70.9 Å². The summed E-state index contributed by atoms with van der Waals surface area (Å²) in [6.45, 7) is 7.43. The zero-order chi connectivity index (χ0) is 34.5. The average Bonchev–Trinajstić information content (AvgIpc) is 3.64. The number of aromatic nitrogens is 2. The Kier molecular flexibility index (Phi) is 9.47. The molecule has 0 saturated carbocycles. The van der Waals surface area contributed by atoms with Gasteiger partial charge in [-0.05, 0) is 84.6 Å². The maximum absolute atomic E-state index is 13.0. The van der Waals surface area contributed by atoms with E-state index in [1.165, 1.54) is 5.39 Å². The Labute approximate surface area is 290 Å². The Balaban J connectivity index is 1.34. The molecular formula is C43H39N3O4. The molecule has 0 saturated heterocycles. The number of carbonyl (C=O) groups is 1. The van der Waals surface area contributed by atoms with Gasteiger partial charge < -0.3 is 18.5 Å². The van der Waals surface area contributed by atoms with E-state index in [2.05, 4.69) is 96.9 Å². The van der Waals surface area contributed by atoms with Crippen molar-refractivity contribution in [3.05, 3.63) is 154 Å². The molecule has 2 heterocycles.